The Kier molecular flexibility index (Phi) is 4.73. The number of rotatable bonds is 5. The predicted molar refractivity (Wildman–Crippen MR) is 78.5 cm³/mol. The van der Waals surface area contributed by atoms with Crippen LogP contribution in [0.4, 0.5) is 4.79 Å². The molecule has 0 bridgehead atoms. The van der Waals surface area contributed by atoms with Crippen molar-refractivity contribution in [2.45, 2.75) is 32.9 Å². The molecule has 7 heteroatoms. The summed E-state index contributed by atoms with van der Waals surface area (Å²) in [5.74, 6) is 0.793. The number of imidazole rings is 1. The first-order valence-electron chi connectivity index (χ1n) is 6.51. The zero-order valence-corrected chi connectivity index (χ0v) is 12.7. The fourth-order valence-electron chi connectivity index (χ4n) is 1.84. The molecule has 108 valence electrons. The van der Waals surface area contributed by atoms with E-state index in [1.54, 1.807) is 35.7 Å². The average Bonchev–Trinajstić information content (AvgIpc) is 3.07. The normalized spacial score (nSPS) is 12.2. The average molecular weight is 293 g/mol. The minimum Gasteiger partial charge on any atom is -0.344 e. The van der Waals surface area contributed by atoms with E-state index in [0.29, 0.717) is 6.54 Å². The number of hydrogen-bond donors (Lipinski definition) is 2. The van der Waals surface area contributed by atoms with Crippen LogP contribution in [-0.2, 0) is 6.54 Å². The summed E-state index contributed by atoms with van der Waals surface area (Å²) in [4.78, 5) is 25.4. The maximum Gasteiger partial charge on any atom is 0.318 e. The van der Waals surface area contributed by atoms with E-state index in [0.717, 1.165) is 22.9 Å². The molecule has 6 nitrogen and oxygen atoms in total. The monoisotopic (exact) mass is 293 g/mol. The maximum absolute atomic E-state index is 12.2. The van der Waals surface area contributed by atoms with Crippen molar-refractivity contribution in [1.82, 2.24) is 25.2 Å². The SMILES string of the molecule is CC[C@H](NC(=O)N(C)Cc1nccs1)c1ncc(C)[nH]1. The topological polar surface area (TPSA) is 73.9 Å². The number of carbonyl (C=O) groups excluding carboxylic acids is 1. The van der Waals surface area contributed by atoms with Crippen LogP contribution in [0.5, 0.6) is 0 Å². The fraction of sp³-hybridized carbons (Fsp3) is 0.462. The molecule has 2 aromatic rings. The first kappa shape index (κ1) is 14.5. The van der Waals surface area contributed by atoms with Crippen molar-refractivity contribution in [3.05, 3.63) is 34.3 Å². The third-order valence-corrected chi connectivity index (χ3v) is 3.73. The van der Waals surface area contributed by atoms with Gasteiger partial charge in [0.15, 0.2) is 0 Å². The van der Waals surface area contributed by atoms with Gasteiger partial charge in [0.05, 0.1) is 12.6 Å². The van der Waals surface area contributed by atoms with Gasteiger partial charge in [0.2, 0.25) is 0 Å². The number of carbonyl (C=O) groups is 1. The van der Waals surface area contributed by atoms with Gasteiger partial charge >= 0.3 is 6.03 Å². The number of aromatic nitrogens is 3. The van der Waals surface area contributed by atoms with E-state index in [2.05, 4.69) is 20.3 Å². The lowest BCUT2D eigenvalue weighted by Gasteiger charge is -2.21. The van der Waals surface area contributed by atoms with E-state index >= 15 is 0 Å². The van der Waals surface area contributed by atoms with Gasteiger partial charge in [0.1, 0.15) is 10.8 Å². The van der Waals surface area contributed by atoms with Gasteiger partial charge < -0.3 is 15.2 Å². The molecule has 0 aliphatic rings. The number of hydrogen-bond acceptors (Lipinski definition) is 4. The van der Waals surface area contributed by atoms with Gasteiger partial charge in [-0.1, -0.05) is 6.92 Å². The molecule has 2 heterocycles. The van der Waals surface area contributed by atoms with Crippen molar-refractivity contribution in [2.24, 2.45) is 0 Å². The van der Waals surface area contributed by atoms with E-state index in [-0.39, 0.29) is 12.1 Å². The van der Waals surface area contributed by atoms with Crippen molar-refractivity contribution in [3.8, 4) is 0 Å². The van der Waals surface area contributed by atoms with Crippen LogP contribution in [0, 0.1) is 6.92 Å². The van der Waals surface area contributed by atoms with Gasteiger partial charge in [0, 0.05) is 30.5 Å². The Bertz CT molecular complexity index is 551. The Morgan fingerprint density at radius 1 is 1.55 bits per heavy atom. The van der Waals surface area contributed by atoms with E-state index in [9.17, 15) is 4.79 Å². The number of amides is 2. The lowest BCUT2D eigenvalue weighted by molar-refractivity contribution is 0.201. The molecular weight excluding hydrogens is 274 g/mol. The van der Waals surface area contributed by atoms with Crippen molar-refractivity contribution in [3.63, 3.8) is 0 Å². The third-order valence-electron chi connectivity index (χ3n) is 2.96. The zero-order valence-electron chi connectivity index (χ0n) is 11.9. The van der Waals surface area contributed by atoms with Gasteiger partial charge in [-0.05, 0) is 13.3 Å². The predicted octanol–water partition coefficient (Wildman–Crippen LogP) is 2.47. The Hall–Kier alpha value is -1.89. The maximum atomic E-state index is 12.2. The molecule has 2 N–H and O–H groups in total. The molecule has 0 saturated carbocycles. The van der Waals surface area contributed by atoms with Gasteiger partial charge in [-0.2, -0.15) is 0 Å². The van der Waals surface area contributed by atoms with E-state index in [1.165, 1.54) is 0 Å². The molecule has 0 fully saturated rings. The molecule has 0 aromatic carbocycles. The second kappa shape index (κ2) is 6.51. The van der Waals surface area contributed by atoms with Gasteiger partial charge in [-0.3, -0.25) is 0 Å². The number of urea groups is 1. The minimum atomic E-state index is -0.124. The number of H-pyrrole nitrogens is 1. The summed E-state index contributed by atoms with van der Waals surface area (Å²) < 4.78 is 0. The van der Waals surface area contributed by atoms with Crippen molar-refractivity contribution >= 4 is 17.4 Å². The molecule has 0 aliphatic heterocycles. The molecule has 2 rings (SSSR count). The smallest absolute Gasteiger partial charge is 0.318 e. The van der Waals surface area contributed by atoms with E-state index < -0.39 is 0 Å². The first-order valence-corrected chi connectivity index (χ1v) is 7.39. The lowest BCUT2D eigenvalue weighted by atomic mass is 10.2. The second-order valence-electron chi connectivity index (χ2n) is 4.64. The number of thiazole rings is 1. The molecule has 2 aromatic heterocycles. The highest BCUT2D eigenvalue weighted by atomic mass is 32.1. The summed E-state index contributed by atoms with van der Waals surface area (Å²) in [6.45, 7) is 4.47. The quantitative estimate of drug-likeness (QED) is 0.889. The van der Waals surface area contributed by atoms with Crippen LogP contribution in [0.15, 0.2) is 17.8 Å². The summed E-state index contributed by atoms with van der Waals surface area (Å²) in [5.41, 5.74) is 0.990. The van der Waals surface area contributed by atoms with Crippen LogP contribution < -0.4 is 5.32 Å². The molecule has 2 amide bonds. The Morgan fingerprint density at radius 3 is 2.90 bits per heavy atom. The van der Waals surface area contributed by atoms with Crippen LogP contribution >= 0.6 is 11.3 Å². The Balaban J connectivity index is 1.95. The third kappa shape index (κ3) is 3.57. The highest BCUT2D eigenvalue weighted by Gasteiger charge is 2.18. The highest BCUT2D eigenvalue weighted by Crippen LogP contribution is 2.14. The zero-order chi connectivity index (χ0) is 14.5. The summed E-state index contributed by atoms with van der Waals surface area (Å²) in [7, 11) is 1.76. The van der Waals surface area contributed by atoms with E-state index in [1.807, 2.05) is 19.2 Å². The van der Waals surface area contributed by atoms with E-state index in [4.69, 9.17) is 0 Å². The molecule has 20 heavy (non-hydrogen) atoms. The molecule has 0 saturated heterocycles. The van der Waals surface area contributed by atoms with Crippen molar-refractivity contribution in [2.75, 3.05) is 7.05 Å². The second-order valence-corrected chi connectivity index (χ2v) is 5.62. The first-order chi connectivity index (χ1) is 9.60. The van der Waals surface area contributed by atoms with Crippen LogP contribution in [0.25, 0.3) is 0 Å². The molecular formula is C13H19N5OS. The molecule has 0 unspecified atom stereocenters. The summed E-state index contributed by atoms with van der Waals surface area (Å²) in [5, 5.41) is 5.80. The van der Waals surface area contributed by atoms with Crippen LogP contribution in [0.3, 0.4) is 0 Å². The largest absolute Gasteiger partial charge is 0.344 e. The Labute approximate surface area is 122 Å². The lowest BCUT2D eigenvalue weighted by Crippen LogP contribution is -2.39. The molecule has 0 spiro atoms. The minimum absolute atomic E-state index is 0.102. The van der Waals surface area contributed by atoms with Gasteiger partial charge in [-0.25, -0.2) is 14.8 Å². The summed E-state index contributed by atoms with van der Waals surface area (Å²) >= 11 is 1.54. The fourth-order valence-corrected chi connectivity index (χ4v) is 2.51. The molecule has 0 aliphatic carbocycles. The van der Waals surface area contributed by atoms with Crippen LogP contribution in [0.2, 0.25) is 0 Å². The van der Waals surface area contributed by atoms with Crippen molar-refractivity contribution < 1.29 is 4.79 Å². The van der Waals surface area contributed by atoms with Crippen molar-refractivity contribution in [1.29, 1.82) is 0 Å². The summed E-state index contributed by atoms with van der Waals surface area (Å²) in [6, 6.07) is -0.226. The number of aryl methyl sites for hydroxylation is 1. The number of nitrogens with zero attached hydrogens (tertiary/aromatic N) is 3. The summed E-state index contributed by atoms with van der Waals surface area (Å²) in [6.07, 6.45) is 4.29. The number of aromatic amines is 1. The molecule has 0 radical (unpaired) electrons. The van der Waals surface area contributed by atoms with Crippen LogP contribution in [0.1, 0.15) is 35.9 Å². The van der Waals surface area contributed by atoms with Gasteiger partial charge in [0.25, 0.3) is 0 Å². The van der Waals surface area contributed by atoms with Gasteiger partial charge in [-0.15, -0.1) is 11.3 Å². The molecule has 1 atom stereocenters. The number of nitrogens with one attached hydrogen (secondary N) is 2. The highest BCUT2D eigenvalue weighted by molar-refractivity contribution is 7.09. The van der Waals surface area contributed by atoms with Crippen LogP contribution in [-0.4, -0.2) is 32.9 Å². The standard InChI is InChI=1S/C13H19N5OS/c1-4-10(12-15-7-9(2)16-12)17-13(19)18(3)8-11-14-5-6-20-11/h5-7,10H,4,8H2,1-3H3,(H,15,16)(H,17,19)/t10-/m0/s1. The Morgan fingerprint density at radius 2 is 2.35 bits per heavy atom.